The van der Waals surface area contributed by atoms with Gasteiger partial charge in [-0.2, -0.15) is 0 Å². The molecule has 1 N–H and O–H groups in total. The lowest BCUT2D eigenvalue weighted by atomic mass is 9.83. The van der Waals surface area contributed by atoms with Crippen LogP contribution in [0.3, 0.4) is 0 Å². The second kappa shape index (κ2) is 4.92. The van der Waals surface area contributed by atoms with Crippen LogP contribution < -0.4 is 0 Å². The van der Waals surface area contributed by atoms with E-state index in [1.165, 1.54) is 30.4 Å². The van der Waals surface area contributed by atoms with E-state index in [4.69, 9.17) is 5.11 Å². The van der Waals surface area contributed by atoms with Crippen LogP contribution in [0.4, 0.5) is 0 Å². The predicted molar refractivity (Wildman–Crippen MR) is 73.5 cm³/mol. The summed E-state index contributed by atoms with van der Waals surface area (Å²) in [6, 6.07) is 10.3. The number of aryl methyl sites for hydroxylation is 1. The number of hydrogen-bond donors (Lipinski definition) is 1. The third kappa shape index (κ3) is 2.41. The first-order chi connectivity index (χ1) is 9.24. The molecule has 0 aliphatic heterocycles. The molecule has 0 radical (unpaired) electrons. The number of benzene rings is 1. The maximum Gasteiger partial charge on any atom is 0.337 e. The Morgan fingerprint density at radius 1 is 1.32 bits per heavy atom. The topological polar surface area (TPSA) is 42.2 Å². The number of nitrogens with zero attached hydrogens (tertiary/aromatic N) is 1. The van der Waals surface area contributed by atoms with E-state index in [1.54, 1.807) is 12.3 Å². The largest absolute Gasteiger partial charge is 0.478 e. The summed E-state index contributed by atoms with van der Waals surface area (Å²) in [4.78, 5) is 10.9. The summed E-state index contributed by atoms with van der Waals surface area (Å²) in [6.45, 7) is 0.865. The van der Waals surface area contributed by atoms with Gasteiger partial charge in [0.1, 0.15) is 0 Å². The molecule has 1 aliphatic rings. The molecule has 0 amide bonds. The van der Waals surface area contributed by atoms with Crippen molar-refractivity contribution in [2.24, 2.45) is 0 Å². The van der Waals surface area contributed by atoms with Crippen LogP contribution in [0.25, 0.3) is 0 Å². The molecule has 3 nitrogen and oxygen atoms in total. The summed E-state index contributed by atoms with van der Waals surface area (Å²) in [5, 5.41) is 8.95. The minimum Gasteiger partial charge on any atom is -0.478 e. The maximum absolute atomic E-state index is 10.9. The van der Waals surface area contributed by atoms with E-state index >= 15 is 0 Å². The van der Waals surface area contributed by atoms with Crippen LogP contribution in [0.15, 0.2) is 42.7 Å². The fourth-order valence-electron chi connectivity index (χ4n) is 2.98. The van der Waals surface area contributed by atoms with Crippen molar-refractivity contribution in [2.75, 3.05) is 0 Å². The van der Waals surface area contributed by atoms with Crippen molar-refractivity contribution in [3.8, 4) is 0 Å². The van der Waals surface area contributed by atoms with E-state index < -0.39 is 5.97 Å². The van der Waals surface area contributed by atoms with Gasteiger partial charge in [-0.3, -0.25) is 0 Å². The van der Waals surface area contributed by atoms with Crippen LogP contribution >= 0.6 is 0 Å². The zero-order chi connectivity index (χ0) is 13.2. The van der Waals surface area contributed by atoms with Gasteiger partial charge in [0.2, 0.25) is 0 Å². The first kappa shape index (κ1) is 12.0. The maximum atomic E-state index is 10.9. The van der Waals surface area contributed by atoms with Crippen molar-refractivity contribution in [1.29, 1.82) is 0 Å². The highest BCUT2D eigenvalue weighted by molar-refractivity contribution is 5.87. The van der Waals surface area contributed by atoms with Gasteiger partial charge in [0.25, 0.3) is 0 Å². The Hall–Kier alpha value is -2.03. The highest BCUT2D eigenvalue weighted by atomic mass is 16.4. The number of hydrogen-bond acceptors (Lipinski definition) is 1. The normalized spacial score (nSPS) is 18.0. The van der Waals surface area contributed by atoms with Gasteiger partial charge in [0.05, 0.1) is 5.56 Å². The number of fused-ring (bicyclic) bond motifs is 1. The molecular formula is C16H17NO2. The Bertz CT molecular complexity index is 600. The van der Waals surface area contributed by atoms with Crippen LogP contribution in [-0.2, 0) is 13.0 Å². The van der Waals surface area contributed by atoms with Gasteiger partial charge in [0.15, 0.2) is 0 Å². The summed E-state index contributed by atoms with van der Waals surface area (Å²) < 4.78 is 2.00. The molecule has 3 heteroatoms. The molecule has 1 aromatic carbocycles. The Kier molecular flexibility index (Phi) is 3.11. The summed E-state index contributed by atoms with van der Waals surface area (Å²) in [7, 11) is 0. The van der Waals surface area contributed by atoms with Crippen molar-refractivity contribution >= 4 is 5.97 Å². The number of aromatic nitrogens is 1. The number of carboxylic acids is 1. The van der Waals surface area contributed by atoms with E-state index in [1.807, 2.05) is 10.8 Å². The molecule has 98 valence electrons. The highest BCUT2D eigenvalue weighted by Gasteiger charge is 2.20. The average molecular weight is 255 g/mol. The molecule has 1 atom stereocenters. The van der Waals surface area contributed by atoms with E-state index in [9.17, 15) is 4.79 Å². The van der Waals surface area contributed by atoms with Gasteiger partial charge in [-0.15, -0.1) is 0 Å². The predicted octanol–water partition coefficient (Wildman–Crippen LogP) is 3.31. The molecule has 1 unspecified atom stereocenters. The van der Waals surface area contributed by atoms with Crippen LogP contribution in [0.5, 0.6) is 0 Å². The first-order valence-electron chi connectivity index (χ1n) is 6.71. The van der Waals surface area contributed by atoms with Gasteiger partial charge in [-0.25, -0.2) is 4.79 Å². The smallest absolute Gasteiger partial charge is 0.337 e. The lowest BCUT2D eigenvalue weighted by Gasteiger charge is -2.25. The number of carbonyl (C=O) groups is 1. The summed E-state index contributed by atoms with van der Waals surface area (Å²) >= 11 is 0. The van der Waals surface area contributed by atoms with Crippen LogP contribution in [0.1, 0.15) is 40.2 Å². The third-order valence-electron chi connectivity index (χ3n) is 3.92. The molecule has 1 aromatic heterocycles. The van der Waals surface area contributed by atoms with E-state index in [0.717, 1.165) is 6.54 Å². The zero-order valence-corrected chi connectivity index (χ0v) is 10.7. The average Bonchev–Trinajstić information content (AvgIpc) is 2.88. The Labute approximate surface area is 112 Å². The summed E-state index contributed by atoms with van der Waals surface area (Å²) in [5.74, 6) is -0.359. The van der Waals surface area contributed by atoms with Gasteiger partial charge < -0.3 is 9.67 Å². The van der Waals surface area contributed by atoms with Gasteiger partial charge >= 0.3 is 5.97 Å². The van der Waals surface area contributed by atoms with E-state index in [0.29, 0.717) is 11.5 Å². The van der Waals surface area contributed by atoms with E-state index in [-0.39, 0.29) is 0 Å². The second-order valence-electron chi connectivity index (χ2n) is 5.19. The summed E-state index contributed by atoms with van der Waals surface area (Å²) in [5.41, 5.74) is 3.24. The molecule has 0 saturated carbocycles. The molecule has 2 aromatic rings. The number of carboxylic acid groups (broad SMARTS) is 1. The molecule has 0 bridgehead atoms. The van der Waals surface area contributed by atoms with Crippen LogP contribution in [-0.4, -0.2) is 15.6 Å². The highest BCUT2D eigenvalue weighted by Crippen LogP contribution is 2.32. The molecule has 1 aliphatic carbocycles. The fourth-order valence-corrected chi connectivity index (χ4v) is 2.98. The van der Waals surface area contributed by atoms with Gasteiger partial charge in [-0.1, -0.05) is 24.3 Å². The Morgan fingerprint density at radius 2 is 2.16 bits per heavy atom. The van der Waals surface area contributed by atoms with Crippen molar-refractivity contribution in [3.05, 3.63) is 59.4 Å². The van der Waals surface area contributed by atoms with Crippen LogP contribution in [0.2, 0.25) is 0 Å². The lowest BCUT2D eigenvalue weighted by molar-refractivity contribution is 0.0697. The zero-order valence-electron chi connectivity index (χ0n) is 10.7. The van der Waals surface area contributed by atoms with Crippen molar-refractivity contribution in [3.63, 3.8) is 0 Å². The van der Waals surface area contributed by atoms with Crippen molar-refractivity contribution in [2.45, 2.75) is 31.7 Å². The van der Waals surface area contributed by atoms with Gasteiger partial charge in [-0.05, 0) is 36.5 Å². The first-order valence-corrected chi connectivity index (χ1v) is 6.71. The molecular weight excluding hydrogens is 238 g/mol. The quantitative estimate of drug-likeness (QED) is 0.914. The molecule has 3 rings (SSSR count). The molecule has 0 fully saturated rings. The third-order valence-corrected chi connectivity index (χ3v) is 3.92. The number of aromatic carboxylic acids is 1. The molecule has 1 heterocycles. The fraction of sp³-hybridized carbons (Fsp3) is 0.312. The van der Waals surface area contributed by atoms with E-state index in [2.05, 4.69) is 24.3 Å². The minimum absolute atomic E-state index is 0.365. The lowest BCUT2D eigenvalue weighted by Crippen LogP contribution is -2.14. The Morgan fingerprint density at radius 3 is 2.95 bits per heavy atom. The standard InChI is InChI=1S/C16H17NO2/c18-16(19)14-8-9-17(11-14)10-13-6-3-5-12-4-1-2-7-15(12)13/h1-2,4,7-9,11,13H,3,5-6,10H2,(H,18,19). The van der Waals surface area contributed by atoms with Crippen molar-refractivity contribution < 1.29 is 9.90 Å². The molecule has 0 saturated heterocycles. The Balaban J connectivity index is 1.82. The number of rotatable bonds is 3. The summed E-state index contributed by atoms with van der Waals surface area (Å²) in [6.07, 6.45) is 7.14. The molecule has 19 heavy (non-hydrogen) atoms. The van der Waals surface area contributed by atoms with Crippen LogP contribution in [0, 0.1) is 0 Å². The van der Waals surface area contributed by atoms with Gasteiger partial charge in [0, 0.05) is 24.9 Å². The molecule has 0 spiro atoms. The second-order valence-corrected chi connectivity index (χ2v) is 5.19. The SMILES string of the molecule is O=C(O)c1ccn(CC2CCCc3ccccc32)c1. The monoisotopic (exact) mass is 255 g/mol. The minimum atomic E-state index is -0.859. The van der Waals surface area contributed by atoms with Crippen molar-refractivity contribution in [1.82, 2.24) is 4.57 Å².